The van der Waals surface area contributed by atoms with Crippen LogP contribution in [0.1, 0.15) is 19.4 Å². The zero-order valence-electron chi connectivity index (χ0n) is 9.15. The summed E-state index contributed by atoms with van der Waals surface area (Å²) >= 11 is 11.6. The van der Waals surface area contributed by atoms with Crippen molar-refractivity contribution in [2.45, 2.75) is 19.4 Å². The van der Waals surface area contributed by atoms with E-state index in [4.69, 9.17) is 23.2 Å². The normalized spacial score (nSPS) is 14.9. The van der Waals surface area contributed by atoms with Gasteiger partial charge in [0.1, 0.15) is 5.82 Å². The lowest BCUT2D eigenvalue weighted by Crippen LogP contribution is -2.43. The van der Waals surface area contributed by atoms with E-state index in [1.54, 1.807) is 6.92 Å². The molecular formula is C11H14Cl2FNO. The van der Waals surface area contributed by atoms with Crippen LogP contribution in [-0.4, -0.2) is 18.3 Å². The molecule has 0 radical (unpaired) electrons. The third-order valence-corrected chi connectivity index (χ3v) is 3.09. The number of aliphatic hydroxyl groups excluding tert-OH is 1. The maximum atomic E-state index is 13.4. The van der Waals surface area contributed by atoms with Gasteiger partial charge in [-0.15, -0.1) is 0 Å². The number of benzene rings is 1. The summed E-state index contributed by atoms with van der Waals surface area (Å²) in [5.74, 6) is -0.543. The summed E-state index contributed by atoms with van der Waals surface area (Å²) < 4.78 is 13.4. The Morgan fingerprint density at radius 3 is 2.50 bits per heavy atom. The van der Waals surface area contributed by atoms with Crippen molar-refractivity contribution in [3.8, 4) is 0 Å². The lowest BCUT2D eigenvalue weighted by molar-refractivity contribution is 0.177. The van der Waals surface area contributed by atoms with Crippen LogP contribution >= 0.6 is 23.2 Å². The summed E-state index contributed by atoms with van der Waals surface area (Å²) in [6.45, 7) is 4.11. The highest BCUT2D eigenvalue weighted by molar-refractivity contribution is 6.35. The molecule has 1 unspecified atom stereocenters. The van der Waals surface area contributed by atoms with Crippen molar-refractivity contribution in [1.82, 2.24) is 5.32 Å². The van der Waals surface area contributed by atoms with Gasteiger partial charge in [-0.05, 0) is 31.2 Å². The second-order valence-corrected chi connectivity index (χ2v) is 4.58. The first kappa shape index (κ1) is 13.7. The molecule has 0 aliphatic carbocycles. The fraction of sp³-hybridized carbons (Fsp3) is 0.455. The van der Waals surface area contributed by atoms with E-state index in [1.165, 1.54) is 12.1 Å². The van der Waals surface area contributed by atoms with Crippen LogP contribution in [0.4, 0.5) is 4.39 Å². The Hall–Kier alpha value is -0.350. The molecule has 1 atom stereocenters. The number of aliphatic hydroxyl groups is 1. The molecule has 0 heterocycles. The Kier molecular flexibility index (Phi) is 4.56. The number of hydrogen-bond acceptors (Lipinski definition) is 2. The molecule has 1 rings (SSSR count). The monoisotopic (exact) mass is 265 g/mol. The van der Waals surface area contributed by atoms with Gasteiger partial charge in [-0.3, -0.25) is 0 Å². The van der Waals surface area contributed by atoms with Crippen molar-refractivity contribution in [1.29, 1.82) is 0 Å². The summed E-state index contributed by atoms with van der Waals surface area (Å²) in [5.41, 5.74) is -0.266. The molecule has 0 saturated carbocycles. The molecule has 2 nitrogen and oxygen atoms in total. The minimum absolute atomic E-state index is 0.0226. The second kappa shape index (κ2) is 5.32. The molecule has 0 aliphatic rings. The zero-order chi connectivity index (χ0) is 12.3. The summed E-state index contributed by atoms with van der Waals surface area (Å²) in [6, 6.07) is 2.60. The quantitative estimate of drug-likeness (QED) is 0.821. The number of nitrogens with one attached hydrogen (secondary N) is 1. The summed E-state index contributed by atoms with van der Waals surface area (Å²) in [5, 5.41) is 12.8. The molecule has 0 spiro atoms. The predicted octanol–water partition coefficient (Wildman–Crippen LogP) is 2.95. The summed E-state index contributed by atoms with van der Waals surface area (Å²) in [7, 11) is 0. The van der Waals surface area contributed by atoms with E-state index in [-0.39, 0.29) is 11.6 Å². The van der Waals surface area contributed by atoms with Crippen molar-refractivity contribution in [3.05, 3.63) is 33.6 Å². The SMILES string of the molecule is CCNC(C)(CO)c1cc(F)c(Cl)cc1Cl. The minimum atomic E-state index is -0.767. The lowest BCUT2D eigenvalue weighted by Gasteiger charge is -2.30. The number of hydrogen-bond donors (Lipinski definition) is 2. The van der Waals surface area contributed by atoms with Crippen LogP contribution in [0.2, 0.25) is 10.0 Å². The molecule has 0 saturated heterocycles. The van der Waals surface area contributed by atoms with E-state index in [9.17, 15) is 9.50 Å². The molecule has 90 valence electrons. The Bertz CT molecular complexity index is 386. The Balaban J connectivity index is 3.25. The van der Waals surface area contributed by atoms with Crippen LogP contribution in [0.25, 0.3) is 0 Å². The minimum Gasteiger partial charge on any atom is -0.394 e. The van der Waals surface area contributed by atoms with Gasteiger partial charge in [0.15, 0.2) is 0 Å². The molecule has 16 heavy (non-hydrogen) atoms. The van der Waals surface area contributed by atoms with Crippen LogP contribution in [0, 0.1) is 5.82 Å². The first-order valence-electron chi connectivity index (χ1n) is 4.95. The fourth-order valence-corrected chi connectivity index (χ4v) is 2.16. The van der Waals surface area contributed by atoms with E-state index in [0.29, 0.717) is 17.1 Å². The fourth-order valence-electron chi connectivity index (χ4n) is 1.57. The number of likely N-dealkylation sites (N-methyl/N-ethyl adjacent to an activating group) is 1. The average molecular weight is 266 g/mol. The highest BCUT2D eigenvalue weighted by Gasteiger charge is 2.28. The highest BCUT2D eigenvalue weighted by Crippen LogP contribution is 2.31. The third kappa shape index (κ3) is 2.66. The summed E-state index contributed by atoms with van der Waals surface area (Å²) in [6.07, 6.45) is 0. The van der Waals surface area contributed by atoms with Gasteiger partial charge in [0.25, 0.3) is 0 Å². The molecule has 1 aromatic rings. The molecule has 0 aliphatic heterocycles. The second-order valence-electron chi connectivity index (χ2n) is 3.77. The van der Waals surface area contributed by atoms with Gasteiger partial charge in [0.05, 0.1) is 17.2 Å². The standard InChI is InChI=1S/C11H14Cl2FNO/c1-3-15-11(2,6-16)7-4-10(14)9(13)5-8(7)12/h4-5,15-16H,3,6H2,1-2H3. The van der Waals surface area contributed by atoms with Crippen molar-refractivity contribution in [2.75, 3.05) is 13.2 Å². The van der Waals surface area contributed by atoms with Gasteiger partial charge >= 0.3 is 0 Å². The van der Waals surface area contributed by atoms with Crippen LogP contribution in [0.15, 0.2) is 12.1 Å². The lowest BCUT2D eigenvalue weighted by atomic mass is 9.92. The topological polar surface area (TPSA) is 32.3 Å². The molecule has 1 aromatic carbocycles. The Morgan fingerprint density at radius 1 is 1.38 bits per heavy atom. The molecule has 2 N–H and O–H groups in total. The average Bonchev–Trinajstić information content (AvgIpc) is 2.23. The third-order valence-electron chi connectivity index (χ3n) is 2.49. The van der Waals surface area contributed by atoms with E-state index in [1.807, 2.05) is 6.92 Å². The van der Waals surface area contributed by atoms with E-state index >= 15 is 0 Å². The van der Waals surface area contributed by atoms with Gasteiger partial charge in [0, 0.05) is 5.02 Å². The predicted molar refractivity (Wildman–Crippen MR) is 64.5 cm³/mol. The van der Waals surface area contributed by atoms with Gasteiger partial charge in [-0.2, -0.15) is 0 Å². The van der Waals surface area contributed by atoms with E-state index in [2.05, 4.69) is 5.32 Å². The summed E-state index contributed by atoms with van der Waals surface area (Å²) in [4.78, 5) is 0. The van der Waals surface area contributed by atoms with Crippen molar-refractivity contribution >= 4 is 23.2 Å². The Labute approximate surface area is 104 Å². The molecule has 0 amide bonds. The zero-order valence-corrected chi connectivity index (χ0v) is 10.7. The maximum absolute atomic E-state index is 13.4. The van der Waals surface area contributed by atoms with Gasteiger partial charge in [0.2, 0.25) is 0 Å². The van der Waals surface area contributed by atoms with Crippen LogP contribution in [0.5, 0.6) is 0 Å². The van der Waals surface area contributed by atoms with Crippen LogP contribution < -0.4 is 5.32 Å². The number of rotatable bonds is 4. The largest absolute Gasteiger partial charge is 0.394 e. The van der Waals surface area contributed by atoms with Crippen molar-refractivity contribution in [2.24, 2.45) is 0 Å². The number of halogens is 3. The van der Waals surface area contributed by atoms with Gasteiger partial charge < -0.3 is 10.4 Å². The van der Waals surface area contributed by atoms with Gasteiger partial charge in [-0.1, -0.05) is 30.1 Å². The molecule has 0 bridgehead atoms. The van der Waals surface area contributed by atoms with Crippen molar-refractivity contribution < 1.29 is 9.50 Å². The molecule has 5 heteroatoms. The van der Waals surface area contributed by atoms with Crippen molar-refractivity contribution in [3.63, 3.8) is 0 Å². The highest BCUT2D eigenvalue weighted by atomic mass is 35.5. The Morgan fingerprint density at radius 2 is 2.00 bits per heavy atom. The van der Waals surface area contributed by atoms with E-state index in [0.717, 1.165) is 0 Å². The smallest absolute Gasteiger partial charge is 0.142 e. The van der Waals surface area contributed by atoms with Crippen LogP contribution in [-0.2, 0) is 5.54 Å². The molecule has 0 fully saturated rings. The van der Waals surface area contributed by atoms with Crippen LogP contribution in [0.3, 0.4) is 0 Å². The molecular weight excluding hydrogens is 252 g/mol. The molecule has 0 aromatic heterocycles. The van der Waals surface area contributed by atoms with Gasteiger partial charge in [-0.25, -0.2) is 4.39 Å². The maximum Gasteiger partial charge on any atom is 0.142 e. The van der Waals surface area contributed by atoms with E-state index < -0.39 is 11.4 Å². The first-order valence-corrected chi connectivity index (χ1v) is 5.71. The first-order chi connectivity index (χ1) is 7.44.